The second kappa shape index (κ2) is 22.2. The van der Waals surface area contributed by atoms with E-state index >= 15 is 0 Å². The number of aliphatic hydroxyl groups is 1. The monoisotopic (exact) mass is 849 g/mol. The smallest absolute Gasteiger partial charge is 0.406 e. The van der Waals surface area contributed by atoms with Crippen molar-refractivity contribution in [3.05, 3.63) is 125 Å². The third-order valence-corrected chi connectivity index (χ3v) is 11.2. The number of alkyl carbamates (subject to hydrolysis) is 1. The Morgan fingerprint density at radius 1 is 0.968 bits per heavy atom. The molecule has 5 atom stereocenters. The molecule has 5 N–H and O–H groups in total. The first-order valence-corrected chi connectivity index (χ1v) is 21.3. The fourth-order valence-electron chi connectivity index (χ4n) is 7.69. The number of hydrogen-bond acceptors (Lipinski definition) is 9. The number of amides is 5. The Bertz CT molecular complexity index is 2100. The van der Waals surface area contributed by atoms with E-state index in [1.165, 1.54) is 7.11 Å². The molecule has 0 spiro atoms. The number of methoxy groups -OCH3 is 1. The lowest BCUT2D eigenvalue weighted by Gasteiger charge is -2.36. The summed E-state index contributed by atoms with van der Waals surface area (Å²) in [7, 11) is 1.28. The summed E-state index contributed by atoms with van der Waals surface area (Å²) in [6.45, 7) is 12.5. The zero-order valence-corrected chi connectivity index (χ0v) is 37.0. The molecule has 5 rings (SSSR count). The summed E-state index contributed by atoms with van der Waals surface area (Å²) >= 11 is 0. The number of aryl methyl sites for hydroxylation is 2. The van der Waals surface area contributed by atoms with Gasteiger partial charge in [-0.05, 0) is 79.1 Å². The van der Waals surface area contributed by atoms with Gasteiger partial charge in [-0.25, -0.2) is 14.6 Å². The van der Waals surface area contributed by atoms with Gasteiger partial charge in [0.15, 0.2) is 0 Å². The van der Waals surface area contributed by atoms with Crippen LogP contribution in [0.1, 0.15) is 68.6 Å². The molecule has 0 radical (unpaired) electrons. The predicted molar refractivity (Wildman–Crippen MR) is 238 cm³/mol. The molecule has 5 amide bonds. The molecule has 1 fully saturated rings. The van der Waals surface area contributed by atoms with Crippen molar-refractivity contribution >= 4 is 23.9 Å². The number of rotatable bonds is 21. The molecule has 62 heavy (non-hydrogen) atoms. The van der Waals surface area contributed by atoms with E-state index in [-0.39, 0.29) is 62.9 Å². The minimum Gasteiger partial charge on any atom is -0.457 e. The molecule has 332 valence electrons. The number of hydrogen-bond donors (Lipinski definition) is 5. The molecule has 5 unspecified atom stereocenters. The molecule has 1 aromatic heterocycles. The largest absolute Gasteiger partial charge is 0.457 e. The van der Waals surface area contributed by atoms with Gasteiger partial charge in [0.25, 0.3) is 0 Å². The van der Waals surface area contributed by atoms with Crippen molar-refractivity contribution in [2.45, 2.75) is 92.1 Å². The summed E-state index contributed by atoms with van der Waals surface area (Å²) in [5, 5.41) is 22.7. The molecule has 2 heterocycles. The molecule has 0 saturated carbocycles. The fourth-order valence-corrected chi connectivity index (χ4v) is 7.69. The first kappa shape index (κ1) is 47.1. The molecular formula is C48H63N7O7. The van der Waals surface area contributed by atoms with Gasteiger partial charge in [-0.15, -0.1) is 0 Å². The van der Waals surface area contributed by atoms with Crippen LogP contribution in [-0.2, 0) is 33.8 Å². The number of urea groups is 1. The van der Waals surface area contributed by atoms with Crippen LogP contribution < -0.4 is 26.1 Å². The van der Waals surface area contributed by atoms with Crippen LogP contribution >= 0.6 is 0 Å². The Morgan fingerprint density at radius 2 is 1.68 bits per heavy atom. The highest BCUT2D eigenvalue weighted by Crippen LogP contribution is 2.29. The summed E-state index contributed by atoms with van der Waals surface area (Å²) in [6, 6.07) is 29.0. The van der Waals surface area contributed by atoms with E-state index in [0.717, 1.165) is 28.1 Å². The number of carbonyl (C=O) groups excluding carboxylic acids is 4. The van der Waals surface area contributed by atoms with Crippen molar-refractivity contribution < 1.29 is 33.8 Å². The Morgan fingerprint density at radius 3 is 2.37 bits per heavy atom. The normalized spacial score (nSPS) is 15.9. The van der Waals surface area contributed by atoms with Crippen LogP contribution in [0.4, 0.5) is 9.59 Å². The van der Waals surface area contributed by atoms with Gasteiger partial charge in [0.05, 0.1) is 43.5 Å². The van der Waals surface area contributed by atoms with E-state index in [1.807, 2.05) is 139 Å². The lowest BCUT2D eigenvalue weighted by Crippen LogP contribution is -2.56. The number of carbonyl (C=O) groups is 4. The molecule has 14 nitrogen and oxygen atoms in total. The molecular weight excluding hydrogens is 787 g/mol. The maximum atomic E-state index is 14.7. The number of nitrogens with zero attached hydrogens (tertiary/aromatic N) is 3. The van der Waals surface area contributed by atoms with Crippen molar-refractivity contribution in [3.8, 4) is 11.5 Å². The van der Waals surface area contributed by atoms with Crippen molar-refractivity contribution in [2.24, 2.45) is 17.3 Å². The van der Waals surface area contributed by atoms with Gasteiger partial charge in [0.1, 0.15) is 11.5 Å². The molecule has 1 aliphatic heterocycles. The first-order valence-electron chi connectivity index (χ1n) is 21.3. The zero-order valence-electron chi connectivity index (χ0n) is 37.0. The third-order valence-electron chi connectivity index (χ3n) is 11.2. The summed E-state index contributed by atoms with van der Waals surface area (Å²) in [5.74, 6) is -0.0494. The summed E-state index contributed by atoms with van der Waals surface area (Å²) in [5.41, 5.74) is 6.75. The van der Waals surface area contributed by atoms with Gasteiger partial charge < -0.3 is 35.4 Å². The minimum absolute atomic E-state index is 0.0453. The lowest BCUT2D eigenvalue weighted by molar-refractivity contribution is -0.132. The highest BCUT2D eigenvalue weighted by Gasteiger charge is 2.43. The summed E-state index contributed by atoms with van der Waals surface area (Å²) in [6.07, 6.45) is -0.737. The first-order chi connectivity index (χ1) is 29.6. The average Bonchev–Trinajstić information content (AvgIpc) is 3.58. The molecule has 1 aliphatic rings. The van der Waals surface area contributed by atoms with Gasteiger partial charge in [-0.3, -0.25) is 20.0 Å². The fraction of sp³-hybridized carbons (Fsp3) is 0.438. The second-order valence-corrected chi connectivity index (χ2v) is 17.1. The number of pyridine rings is 1. The van der Waals surface area contributed by atoms with Crippen molar-refractivity contribution in [3.63, 3.8) is 0 Å². The highest BCUT2D eigenvalue weighted by molar-refractivity contribution is 5.83. The lowest BCUT2D eigenvalue weighted by atomic mass is 9.83. The SMILES string of the molecule is CCC(C)C(C(=O)NC(Cc1ccccc1)C(O)CN(Cc1cccc(Oc2ccc(C)cc2)c1)NC(=O)CC(C)(C)CNC(=O)OC)C1CNC(=O)N1Cc1cccc(C)n1. The van der Waals surface area contributed by atoms with E-state index in [9.17, 15) is 24.3 Å². The number of ether oxygens (including phenoxy) is 2. The molecule has 3 aromatic carbocycles. The topological polar surface area (TPSA) is 174 Å². The summed E-state index contributed by atoms with van der Waals surface area (Å²) in [4.78, 5) is 59.9. The van der Waals surface area contributed by atoms with Crippen LogP contribution in [0.3, 0.4) is 0 Å². The maximum Gasteiger partial charge on any atom is 0.406 e. The average molecular weight is 850 g/mol. The van der Waals surface area contributed by atoms with Gasteiger partial charge in [0.2, 0.25) is 11.8 Å². The Hall–Kier alpha value is -5.99. The number of hydrazine groups is 1. The van der Waals surface area contributed by atoms with Crippen LogP contribution in [0.2, 0.25) is 0 Å². The Kier molecular flexibility index (Phi) is 16.9. The van der Waals surface area contributed by atoms with Crippen molar-refractivity contribution in [1.29, 1.82) is 0 Å². The number of aromatic nitrogens is 1. The van der Waals surface area contributed by atoms with E-state index < -0.39 is 35.6 Å². The quantitative estimate of drug-likeness (QED) is 0.0592. The van der Waals surface area contributed by atoms with Crippen LogP contribution in [0.5, 0.6) is 11.5 Å². The highest BCUT2D eigenvalue weighted by atomic mass is 16.5. The van der Waals surface area contributed by atoms with Crippen LogP contribution in [-0.4, -0.2) is 88.9 Å². The van der Waals surface area contributed by atoms with Gasteiger partial charge in [-0.1, -0.05) is 100 Å². The van der Waals surface area contributed by atoms with Crippen molar-refractivity contribution in [1.82, 2.24) is 36.3 Å². The van der Waals surface area contributed by atoms with E-state index in [2.05, 4.69) is 26.4 Å². The van der Waals surface area contributed by atoms with Crippen LogP contribution in [0.15, 0.2) is 97.1 Å². The molecule has 4 aromatic rings. The second-order valence-electron chi connectivity index (χ2n) is 17.1. The van der Waals surface area contributed by atoms with Gasteiger partial charge in [0, 0.05) is 38.3 Å². The van der Waals surface area contributed by atoms with E-state index in [1.54, 1.807) is 9.91 Å². The molecule has 0 aliphatic carbocycles. The standard InChI is InChI=1S/C48H63N7O7/c1-8-33(3)44(41-27-49-46(59)55(41)29-37-18-12-14-34(4)51-37)45(58)52-40(25-35-15-10-9-11-16-35)42(56)30-54(53-43(57)26-48(5,6)31-50-47(60)61-7)28-36-17-13-19-39(24-36)62-38-22-20-32(2)21-23-38/h9-24,33,40-42,44,56H,8,25-31H2,1-7H3,(H,49,59)(H,50,60)(H,52,58)(H,53,57). The van der Waals surface area contributed by atoms with E-state index in [4.69, 9.17) is 9.47 Å². The molecule has 14 heteroatoms. The van der Waals surface area contributed by atoms with Gasteiger partial charge >= 0.3 is 12.1 Å². The summed E-state index contributed by atoms with van der Waals surface area (Å²) < 4.78 is 10.9. The number of aliphatic hydroxyl groups excluding tert-OH is 1. The predicted octanol–water partition coefficient (Wildman–Crippen LogP) is 6.44. The number of nitrogens with one attached hydrogen (secondary N) is 4. The van der Waals surface area contributed by atoms with Crippen molar-refractivity contribution in [2.75, 3.05) is 26.7 Å². The molecule has 0 bridgehead atoms. The zero-order chi connectivity index (χ0) is 44.8. The van der Waals surface area contributed by atoms with Crippen LogP contribution in [0, 0.1) is 31.1 Å². The number of benzene rings is 3. The van der Waals surface area contributed by atoms with Crippen LogP contribution in [0.25, 0.3) is 0 Å². The minimum atomic E-state index is -1.17. The van der Waals surface area contributed by atoms with Gasteiger partial charge in [-0.2, -0.15) is 0 Å². The maximum absolute atomic E-state index is 14.7. The Balaban J connectivity index is 1.41. The van der Waals surface area contributed by atoms with E-state index in [0.29, 0.717) is 24.3 Å². The molecule has 1 saturated heterocycles. The Labute approximate surface area is 365 Å². The third kappa shape index (κ3) is 14.0.